The van der Waals surface area contributed by atoms with Gasteiger partial charge < -0.3 is 4.74 Å². The number of halogens is 1. The Morgan fingerprint density at radius 2 is 1.90 bits per heavy atom. The molecule has 0 bridgehead atoms. The van der Waals surface area contributed by atoms with Gasteiger partial charge in [-0.3, -0.25) is 9.40 Å². The van der Waals surface area contributed by atoms with Gasteiger partial charge in [0.25, 0.3) is 10.0 Å². The number of sulfonamides is 1. The number of benzene rings is 1. The lowest BCUT2D eigenvalue weighted by molar-refractivity contribution is 0.242. The zero-order valence-electron chi connectivity index (χ0n) is 11.9. The number of nitrogens with zero attached hydrogens (tertiary/aromatic N) is 2. The molecule has 0 aliphatic carbocycles. The van der Waals surface area contributed by atoms with Gasteiger partial charge in [0.05, 0.1) is 17.2 Å². The van der Waals surface area contributed by atoms with Crippen molar-refractivity contribution in [2.75, 3.05) is 4.72 Å². The van der Waals surface area contributed by atoms with Gasteiger partial charge in [0.1, 0.15) is 10.8 Å². The predicted molar refractivity (Wildman–Crippen MR) is 81.2 cm³/mol. The molecule has 2 rings (SSSR count). The Labute approximate surface area is 128 Å². The minimum atomic E-state index is -3.72. The summed E-state index contributed by atoms with van der Waals surface area (Å²) in [6.07, 6.45) is 1.40. The first kappa shape index (κ1) is 15.7. The van der Waals surface area contributed by atoms with Crippen LogP contribution in [0.25, 0.3) is 0 Å². The van der Waals surface area contributed by atoms with Crippen LogP contribution in [0, 0.1) is 0 Å². The van der Waals surface area contributed by atoms with Crippen molar-refractivity contribution < 1.29 is 13.2 Å². The van der Waals surface area contributed by atoms with Crippen LogP contribution in [0.1, 0.15) is 13.8 Å². The van der Waals surface area contributed by atoms with Gasteiger partial charge in [-0.25, -0.2) is 8.42 Å². The molecule has 0 unspecified atom stereocenters. The lowest BCUT2D eigenvalue weighted by Crippen LogP contribution is -2.15. The van der Waals surface area contributed by atoms with Crippen molar-refractivity contribution >= 4 is 27.4 Å². The molecule has 0 atom stereocenters. The molecular weight excluding hydrogens is 314 g/mol. The van der Waals surface area contributed by atoms with E-state index in [-0.39, 0.29) is 21.8 Å². The highest BCUT2D eigenvalue weighted by Crippen LogP contribution is 2.24. The molecule has 0 saturated carbocycles. The summed E-state index contributed by atoms with van der Waals surface area (Å²) in [4.78, 5) is 0.121. The number of aromatic nitrogens is 2. The molecule has 0 spiro atoms. The number of aryl methyl sites for hydroxylation is 1. The van der Waals surface area contributed by atoms with Crippen LogP contribution >= 0.6 is 11.6 Å². The van der Waals surface area contributed by atoms with Gasteiger partial charge in [0.15, 0.2) is 5.82 Å². The molecule has 0 radical (unpaired) electrons. The average molecular weight is 330 g/mol. The topological polar surface area (TPSA) is 73.2 Å². The summed E-state index contributed by atoms with van der Waals surface area (Å²) in [5, 5.41) is 4.12. The molecule has 1 N–H and O–H groups in total. The van der Waals surface area contributed by atoms with Gasteiger partial charge in [0.2, 0.25) is 0 Å². The Kier molecular flexibility index (Phi) is 4.43. The average Bonchev–Trinajstić information content (AvgIpc) is 2.70. The van der Waals surface area contributed by atoms with Crippen LogP contribution in [-0.2, 0) is 17.1 Å². The third kappa shape index (κ3) is 3.68. The second-order valence-corrected chi connectivity index (χ2v) is 6.80. The molecule has 8 heteroatoms. The molecule has 0 aliphatic rings. The SMILES string of the molecule is CC(C)Oc1ccc(S(=O)(=O)Nc2c(Cl)cnn2C)cc1. The number of ether oxygens (including phenoxy) is 1. The Balaban J connectivity index is 2.24. The highest BCUT2D eigenvalue weighted by atomic mass is 35.5. The number of anilines is 1. The largest absolute Gasteiger partial charge is 0.491 e. The van der Waals surface area contributed by atoms with Crippen molar-refractivity contribution in [2.24, 2.45) is 7.05 Å². The molecular formula is C13H16ClN3O3S. The van der Waals surface area contributed by atoms with Crippen LogP contribution in [0.3, 0.4) is 0 Å². The van der Waals surface area contributed by atoms with E-state index in [1.54, 1.807) is 19.2 Å². The van der Waals surface area contributed by atoms with Gasteiger partial charge in [-0.1, -0.05) is 11.6 Å². The van der Waals surface area contributed by atoms with E-state index in [1.807, 2.05) is 13.8 Å². The zero-order valence-corrected chi connectivity index (χ0v) is 13.4. The molecule has 0 fully saturated rings. The fourth-order valence-electron chi connectivity index (χ4n) is 1.68. The molecule has 0 aliphatic heterocycles. The second-order valence-electron chi connectivity index (χ2n) is 4.71. The molecule has 1 aromatic carbocycles. The van der Waals surface area contributed by atoms with Crippen molar-refractivity contribution in [1.82, 2.24) is 9.78 Å². The lowest BCUT2D eigenvalue weighted by atomic mass is 10.3. The summed E-state index contributed by atoms with van der Waals surface area (Å²) in [6, 6.07) is 6.17. The monoisotopic (exact) mass is 329 g/mol. The first-order valence-corrected chi connectivity index (χ1v) is 8.13. The Morgan fingerprint density at radius 1 is 1.29 bits per heavy atom. The molecule has 1 aromatic heterocycles. The molecule has 0 amide bonds. The van der Waals surface area contributed by atoms with Crippen molar-refractivity contribution in [3.05, 3.63) is 35.5 Å². The number of hydrogen-bond acceptors (Lipinski definition) is 4. The Bertz CT molecular complexity index is 704. The summed E-state index contributed by atoms with van der Waals surface area (Å²) in [7, 11) is -2.12. The van der Waals surface area contributed by atoms with E-state index in [4.69, 9.17) is 16.3 Å². The predicted octanol–water partition coefficient (Wildman–Crippen LogP) is 2.66. The zero-order chi connectivity index (χ0) is 15.6. The maximum absolute atomic E-state index is 12.3. The molecule has 1 heterocycles. The minimum absolute atomic E-state index is 0.0267. The van der Waals surface area contributed by atoms with Crippen LogP contribution in [0.5, 0.6) is 5.75 Å². The Hall–Kier alpha value is -1.73. The second kappa shape index (κ2) is 5.95. The summed E-state index contributed by atoms with van der Waals surface area (Å²) in [5.74, 6) is 0.835. The van der Waals surface area contributed by atoms with E-state index < -0.39 is 10.0 Å². The maximum atomic E-state index is 12.3. The van der Waals surface area contributed by atoms with E-state index in [2.05, 4.69) is 9.82 Å². The van der Waals surface area contributed by atoms with Crippen molar-refractivity contribution in [3.8, 4) is 5.75 Å². The third-order valence-electron chi connectivity index (χ3n) is 2.63. The smallest absolute Gasteiger partial charge is 0.263 e. The van der Waals surface area contributed by atoms with Crippen molar-refractivity contribution in [2.45, 2.75) is 24.8 Å². The summed E-state index contributed by atoms with van der Waals surface area (Å²) in [6.45, 7) is 3.80. The first-order chi connectivity index (χ1) is 9.79. The van der Waals surface area contributed by atoms with Gasteiger partial charge >= 0.3 is 0 Å². The Morgan fingerprint density at radius 3 is 2.38 bits per heavy atom. The van der Waals surface area contributed by atoms with Crippen LogP contribution in [0.4, 0.5) is 5.82 Å². The fraction of sp³-hybridized carbons (Fsp3) is 0.308. The standard InChI is InChI=1S/C13H16ClN3O3S/c1-9(2)20-10-4-6-11(7-5-10)21(18,19)16-13-12(14)8-15-17(13)3/h4-9,16H,1-3H3. The number of rotatable bonds is 5. The van der Waals surface area contributed by atoms with Crippen molar-refractivity contribution in [3.63, 3.8) is 0 Å². The van der Waals surface area contributed by atoms with Crippen LogP contribution < -0.4 is 9.46 Å². The van der Waals surface area contributed by atoms with Crippen LogP contribution in [-0.4, -0.2) is 24.3 Å². The number of hydrogen-bond donors (Lipinski definition) is 1. The highest BCUT2D eigenvalue weighted by molar-refractivity contribution is 7.92. The van der Waals surface area contributed by atoms with E-state index in [0.717, 1.165) is 0 Å². The fourth-order valence-corrected chi connectivity index (χ4v) is 3.06. The maximum Gasteiger partial charge on any atom is 0.263 e. The third-order valence-corrected chi connectivity index (χ3v) is 4.26. The van der Waals surface area contributed by atoms with Gasteiger partial charge in [-0.05, 0) is 38.1 Å². The summed E-state index contributed by atoms with van der Waals surface area (Å²) >= 11 is 5.89. The summed E-state index contributed by atoms with van der Waals surface area (Å²) < 4.78 is 33.8. The van der Waals surface area contributed by atoms with Gasteiger partial charge in [0, 0.05) is 7.05 Å². The normalized spacial score (nSPS) is 11.7. The minimum Gasteiger partial charge on any atom is -0.491 e. The number of nitrogens with one attached hydrogen (secondary N) is 1. The molecule has 21 heavy (non-hydrogen) atoms. The highest BCUT2D eigenvalue weighted by Gasteiger charge is 2.18. The van der Waals surface area contributed by atoms with E-state index in [9.17, 15) is 8.42 Å². The van der Waals surface area contributed by atoms with Gasteiger partial charge in [-0.2, -0.15) is 5.10 Å². The van der Waals surface area contributed by atoms with Crippen LogP contribution in [0.15, 0.2) is 35.4 Å². The molecule has 0 saturated heterocycles. The van der Waals surface area contributed by atoms with E-state index in [1.165, 1.54) is 23.0 Å². The summed E-state index contributed by atoms with van der Waals surface area (Å²) in [5.41, 5.74) is 0. The van der Waals surface area contributed by atoms with E-state index >= 15 is 0 Å². The molecule has 114 valence electrons. The van der Waals surface area contributed by atoms with Gasteiger partial charge in [-0.15, -0.1) is 0 Å². The lowest BCUT2D eigenvalue weighted by Gasteiger charge is -2.11. The quantitative estimate of drug-likeness (QED) is 0.915. The van der Waals surface area contributed by atoms with Crippen LogP contribution in [0.2, 0.25) is 5.02 Å². The van der Waals surface area contributed by atoms with E-state index in [0.29, 0.717) is 5.75 Å². The molecule has 2 aromatic rings. The molecule has 6 nitrogen and oxygen atoms in total. The first-order valence-electron chi connectivity index (χ1n) is 6.26. The van der Waals surface area contributed by atoms with Crippen molar-refractivity contribution in [1.29, 1.82) is 0 Å².